The quantitative estimate of drug-likeness (QED) is 0.0435. The average molecular weight is 1410 g/mol. The van der Waals surface area contributed by atoms with E-state index < -0.39 is 50.7 Å². The molecule has 0 aliphatic carbocycles. The third-order valence-corrected chi connectivity index (χ3v) is 23.7. The van der Waals surface area contributed by atoms with E-state index >= 15 is 0 Å². The van der Waals surface area contributed by atoms with Gasteiger partial charge < -0.3 is 25.5 Å². The summed E-state index contributed by atoms with van der Waals surface area (Å²) < 4.78 is 0. The summed E-state index contributed by atoms with van der Waals surface area (Å²) in [6.07, 6.45) is 0. The first-order valence-corrected chi connectivity index (χ1v) is 37.7. The normalized spacial score (nSPS) is 13.3. The SMILES string of the molecule is CC(C)(c1ccccc1)c1ccc(O)c(C(c2ccccc2)c2cc(C(C)(C)c3ccccc3)cc(C(c3ccccc3)c3cc(C(C)(C)c4ccccc4)cc(C(c4ccccc4)c4cc(C(C)(C)c5ccccc5)cc(C(c5ccccc5)c5cc(C(C)(C)c6ccccc6)ccc5O)c4O)c3O)c2O)c1. The molecular formula is C103H96O5. The fraction of sp³-hybridized carbons (Fsp3) is 0.184. The largest absolute Gasteiger partial charge is 0.508 e. The molecule has 5 N–H and O–H groups in total. The van der Waals surface area contributed by atoms with E-state index in [4.69, 9.17) is 0 Å². The van der Waals surface area contributed by atoms with Gasteiger partial charge in [-0.3, -0.25) is 0 Å². The van der Waals surface area contributed by atoms with Gasteiger partial charge in [-0.05, 0) is 90.0 Å². The van der Waals surface area contributed by atoms with E-state index in [0.717, 1.165) is 77.9 Å². The molecule has 5 heteroatoms. The molecule has 0 saturated heterocycles. The lowest BCUT2D eigenvalue weighted by Crippen LogP contribution is -2.23. The van der Waals surface area contributed by atoms with Crippen molar-refractivity contribution in [3.8, 4) is 28.7 Å². The molecule has 0 aliphatic heterocycles. The summed E-state index contributed by atoms with van der Waals surface area (Å²) in [6, 6.07) is 118. The summed E-state index contributed by atoms with van der Waals surface area (Å²) in [6.45, 7) is 22.2. The van der Waals surface area contributed by atoms with Gasteiger partial charge in [0.2, 0.25) is 0 Å². The molecule has 0 aliphatic rings. The molecular weight excluding hydrogens is 1320 g/mol. The Morgan fingerprint density at radius 2 is 0.324 bits per heavy atom. The smallest absolute Gasteiger partial charge is 0.123 e. The van der Waals surface area contributed by atoms with Gasteiger partial charge >= 0.3 is 0 Å². The molecule has 14 aromatic rings. The lowest BCUT2D eigenvalue weighted by molar-refractivity contribution is 0.444. The summed E-state index contributed by atoms with van der Waals surface area (Å²) in [5, 5.41) is 68.9. The highest BCUT2D eigenvalue weighted by Gasteiger charge is 2.40. The minimum absolute atomic E-state index is 0.00952. The van der Waals surface area contributed by atoms with Crippen LogP contribution in [0.5, 0.6) is 28.7 Å². The third-order valence-electron chi connectivity index (χ3n) is 23.7. The molecule has 4 unspecified atom stereocenters. The van der Waals surface area contributed by atoms with Crippen LogP contribution in [0, 0.1) is 0 Å². The molecule has 0 fully saturated rings. The zero-order valence-electron chi connectivity index (χ0n) is 63.5. The first-order valence-electron chi connectivity index (χ1n) is 37.7. The molecule has 0 saturated carbocycles. The van der Waals surface area contributed by atoms with E-state index in [-0.39, 0.29) is 28.7 Å². The average Bonchev–Trinajstić information content (AvgIpc) is 0.746. The van der Waals surface area contributed by atoms with Gasteiger partial charge in [-0.25, -0.2) is 0 Å². The Balaban J connectivity index is 1.09. The van der Waals surface area contributed by atoms with E-state index in [9.17, 15) is 25.5 Å². The molecule has 0 bridgehead atoms. The molecule has 538 valence electrons. The second-order valence-corrected chi connectivity index (χ2v) is 31.9. The maximum Gasteiger partial charge on any atom is 0.123 e. The van der Waals surface area contributed by atoms with Crippen LogP contribution in [0.3, 0.4) is 0 Å². The molecule has 0 spiro atoms. The minimum Gasteiger partial charge on any atom is -0.508 e. The van der Waals surface area contributed by atoms with Gasteiger partial charge in [-0.1, -0.05) is 403 Å². The zero-order chi connectivity index (χ0) is 75.7. The fourth-order valence-corrected chi connectivity index (χ4v) is 16.6. The summed E-state index contributed by atoms with van der Waals surface area (Å²) >= 11 is 0. The van der Waals surface area contributed by atoms with Gasteiger partial charge in [0.25, 0.3) is 0 Å². The van der Waals surface area contributed by atoms with E-state index in [1.807, 2.05) is 115 Å². The van der Waals surface area contributed by atoms with Crippen LogP contribution in [0.1, 0.15) is 215 Å². The van der Waals surface area contributed by atoms with Crippen LogP contribution >= 0.6 is 0 Å². The maximum absolute atomic E-state index is 14.7. The first kappa shape index (κ1) is 73.0. The van der Waals surface area contributed by atoms with E-state index in [1.165, 1.54) is 0 Å². The topological polar surface area (TPSA) is 101 Å². The van der Waals surface area contributed by atoms with Crippen molar-refractivity contribution in [1.82, 2.24) is 0 Å². The third kappa shape index (κ3) is 13.9. The zero-order valence-corrected chi connectivity index (χ0v) is 63.5. The van der Waals surface area contributed by atoms with Crippen molar-refractivity contribution < 1.29 is 25.5 Å². The highest BCUT2D eigenvalue weighted by atomic mass is 16.3. The number of phenols is 5. The molecule has 0 aromatic heterocycles. The molecule has 0 radical (unpaired) electrons. The monoisotopic (exact) mass is 1410 g/mol. The number of hydrogen-bond acceptors (Lipinski definition) is 5. The number of hydrogen-bond donors (Lipinski definition) is 5. The highest BCUT2D eigenvalue weighted by molar-refractivity contribution is 5.69. The maximum atomic E-state index is 14.7. The molecule has 5 nitrogen and oxygen atoms in total. The van der Waals surface area contributed by atoms with E-state index in [1.54, 1.807) is 12.1 Å². The Morgan fingerprint density at radius 3 is 0.519 bits per heavy atom. The summed E-state index contributed by atoms with van der Waals surface area (Å²) in [5.74, 6) is -3.03. The van der Waals surface area contributed by atoms with Gasteiger partial charge in [0, 0.05) is 95.3 Å². The lowest BCUT2D eigenvalue weighted by Gasteiger charge is -2.35. The summed E-state index contributed by atoms with van der Waals surface area (Å²) in [4.78, 5) is 0. The fourth-order valence-electron chi connectivity index (χ4n) is 16.6. The Morgan fingerprint density at radius 1 is 0.167 bits per heavy atom. The summed E-state index contributed by atoms with van der Waals surface area (Å²) in [5.41, 5.74) is 14.9. The van der Waals surface area contributed by atoms with Crippen LogP contribution in [0.25, 0.3) is 0 Å². The van der Waals surface area contributed by atoms with E-state index in [0.29, 0.717) is 44.5 Å². The van der Waals surface area contributed by atoms with Crippen LogP contribution in [0.2, 0.25) is 0 Å². The van der Waals surface area contributed by atoms with E-state index in [2.05, 4.69) is 288 Å². The molecule has 4 atom stereocenters. The Labute approximate surface area is 638 Å². The molecule has 108 heavy (non-hydrogen) atoms. The van der Waals surface area contributed by atoms with Crippen LogP contribution in [0.15, 0.2) is 346 Å². The highest BCUT2D eigenvalue weighted by Crippen LogP contribution is 2.56. The van der Waals surface area contributed by atoms with Crippen LogP contribution < -0.4 is 0 Å². The van der Waals surface area contributed by atoms with Gasteiger partial charge in [0.15, 0.2) is 0 Å². The second kappa shape index (κ2) is 29.8. The van der Waals surface area contributed by atoms with Crippen molar-refractivity contribution in [3.63, 3.8) is 0 Å². The van der Waals surface area contributed by atoms with Crippen LogP contribution in [-0.4, -0.2) is 25.5 Å². The van der Waals surface area contributed by atoms with Crippen molar-refractivity contribution >= 4 is 0 Å². The minimum atomic E-state index is -0.878. The van der Waals surface area contributed by atoms with Gasteiger partial charge in [0.1, 0.15) is 28.7 Å². The van der Waals surface area contributed by atoms with Crippen molar-refractivity contribution in [3.05, 3.63) is 468 Å². The van der Waals surface area contributed by atoms with Gasteiger partial charge in [-0.15, -0.1) is 0 Å². The summed E-state index contributed by atoms with van der Waals surface area (Å²) in [7, 11) is 0. The van der Waals surface area contributed by atoms with Crippen molar-refractivity contribution in [2.24, 2.45) is 0 Å². The molecule has 14 rings (SSSR count). The predicted molar refractivity (Wildman–Crippen MR) is 443 cm³/mol. The number of benzene rings is 14. The lowest BCUT2D eigenvalue weighted by atomic mass is 9.69. The number of rotatable bonds is 22. The predicted octanol–water partition coefficient (Wildman–Crippen LogP) is 24.6. The Bertz CT molecular complexity index is 5130. The van der Waals surface area contributed by atoms with Gasteiger partial charge in [-0.2, -0.15) is 0 Å². The van der Waals surface area contributed by atoms with Crippen molar-refractivity contribution in [2.75, 3.05) is 0 Å². The Hall–Kier alpha value is -11.9. The second-order valence-electron chi connectivity index (χ2n) is 31.9. The van der Waals surface area contributed by atoms with Crippen molar-refractivity contribution in [1.29, 1.82) is 0 Å². The van der Waals surface area contributed by atoms with Crippen molar-refractivity contribution in [2.45, 2.75) is 120 Å². The first-order chi connectivity index (χ1) is 52.0. The molecule has 0 amide bonds. The molecule has 0 heterocycles. The number of phenolic OH excluding ortho intramolecular Hbond substituents is 5. The number of aromatic hydroxyl groups is 5. The Kier molecular flexibility index (Phi) is 20.1. The van der Waals surface area contributed by atoms with Crippen LogP contribution in [0.4, 0.5) is 0 Å². The van der Waals surface area contributed by atoms with Crippen LogP contribution in [-0.2, 0) is 27.1 Å². The van der Waals surface area contributed by atoms with Gasteiger partial charge in [0.05, 0.1) is 0 Å². The molecule has 14 aromatic carbocycles. The standard InChI is InChI=1S/C103H96O5/c1-99(2,72-46-28-15-29-47-72)77-56-58-90(104)82(60-77)92(68-38-20-11-21-39-68)84-62-79(101(5,6)74-50-32-17-33-51-74)64-86(96(84)106)94(70-42-24-13-25-43-70)88-66-81(103(9,10)76-54-36-19-37-55-76)67-89(98(88)108)95(71-44-26-14-27-45-71)87-65-80(102(7,8)75-52-34-18-35-53-75)63-85(97(87)107)93(69-40-22-12-23-41-69)83-61-78(57-59-91(83)105)100(3,4)73-48-30-16-31-49-73/h11-67,92-95,104-108H,1-10H3.